The summed E-state index contributed by atoms with van der Waals surface area (Å²) in [4.78, 5) is 2.40. The summed E-state index contributed by atoms with van der Waals surface area (Å²) in [7, 11) is 0. The maximum atomic E-state index is 5.63. The Morgan fingerprint density at radius 3 is 2.75 bits per heavy atom. The van der Waals surface area contributed by atoms with Crippen LogP contribution in [0.1, 0.15) is 33.1 Å². The standard InChI is InChI=1S/C12H25N3O/c1-3-15(4-2)9-8-11(14-13)12-7-5-6-10-16-12/h7,11,14H,3-6,8-10,13H2,1-2H3. The van der Waals surface area contributed by atoms with Gasteiger partial charge in [0, 0.05) is 6.54 Å². The fourth-order valence-corrected chi connectivity index (χ4v) is 1.98. The zero-order chi connectivity index (χ0) is 11.8. The van der Waals surface area contributed by atoms with Crippen LogP contribution >= 0.6 is 0 Å². The maximum absolute atomic E-state index is 5.63. The third kappa shape index (κ3) is 4.12. The molecule has 1 rings (SSSR count). The fraction of sp³-hybridized carbons (Fsp3) is 0.833. The van der Waals surface area contributed by atoms with E-state index in [1.54, 1.807) is 0 Å². The van der Waals surface area contributed by atoms with Gasteiger partial charge in [-0.2, -0.15) is 0 Å². The number of ether oxygens (including phenoxy) is 1. The van der Waals surface area contributed by atoms with Gasteiger partial charge in [0.05, 0.1) is 12.6 Å². The van der Waals surface area contributed by atoms with Crippen molar-refractivity contribution in [3.63, 3.8) is 0 Å². The van der Waals surface area contributed by atoms with Gasteiger partial charge in [0.15, 0.2) is 0 Å². The van der Waals surface area contributed by atoms with Crippen molar-refractivity contribution >= 4 is 0 Å². The first-order valence-electron chi connectivity index (χ1n) is 6.33. The van der Waals surface area contributed by atoms with Gasteiger partial charge in [-0.05, 0) is 38.4 Å². The summed E-state index contributed by atoms with van der Waals surface area (Å²) in [5.74, 6) is 6.61. The SMILES string of the molecule is CCN(CC)CCC(NN)C1=CCCCO1. The Hall–Kier alpha value is -0.580. The highest BCUT2D eigenvalue weighted by Gasteiger charge is 2.16. The number of rotatable bonds is 7. The number of nitrogens with one attached hydrogen (secondary N) is 1. The Morgan fingerprint density at radius 1 is 1.50 bits per heavy atom. The maximum Gasteiger partial charge on any atom is 0.110 e. The molecule has 1 aliphatic rings. The van der Waals surface area contributed by atoms with E-state index in [1.807, 2.05) is 0 Å². The number of nitrogens with two attached hydrogens (primary N) is 1. The average Bonchev–Trinajstić information content (AvgIpc) is 2.36. The monoisotopic (exact) mass is 227 g/mol. The minimum absolute atomic E-state index is 0.167. The zero-order valence-electron chi connectivity index (χ0n) is 10.5. The topological polar surface area (TPSA) is 50.5 Å². The molecule has 0 radical (unpaired) electrons. The molecule has 94 valence electrons. The van der Waals surface area contributed by atoms with Crippen molar-refractivity contribution < 1.29 is 4.74 Å². The summed E-state index contributed by atoms with van der Waals surface area (Å²) >= 11 is 0. The Bertz CT molecular complexity index is 214. The molecule has 0 aromatic heterocycles. The van der Waals surface area contributed by atoms with E-state index in [1.165, 1.54) is 0 Å². The van der Waals surface area contributed by atoms with Crippen molar-refractivity contribution in [3.05, 3.63) is 11.8 Å². The normalized spacial score (nSPS) is 18.1. The van der Waals surface area contributed by atoms with Gasteiger partial charge in [-0.15, -0.1) is 0 Å². The summed E-state index contributed by atoms with van der Waals surface area (Å²) in [5, 5.41) is 0. The van der Waals surface area contributed by atoms with E-state index in [-0.39, 0.29) is 6.04 Å². The van der Waals surface area contributed by atoms with Gasteiger partial charge in [-0.3, -0.25) is 5.84 Å². The van der Waals surface area contributed by atoms with E-state index in [4.69, 9.17) is 10.6 Å². The summed E-state index contributed by atoms with van der Waals surface area (Å²) in [6.45, 7) is 8.44. The zero-order valence-corrected chi connectivity index (χ0v) is 10.5. The lowest BCUT2D eigenvalue weighted by Crippen LogP contribution is -2.40. The highest BCUT2D eigenvalue weighted by atomic mass is 16.5. The molecule has 0 aromatic carbocycles. The summed E-state index contributed by atoms with van der Waals surface area (Å²) in [6.07, 6.45) is 5.40. The van der Waals surface area contributed by atoms with Gasteiger partial charge >= 0.3 is 0 Å². The summed E-state index contributed by atoms with van der Waals surface area (Å²) in [6, 6.07) is 0.167. The van der Waals surface area contributed by atoms with Crippen molar-refractivity contribution in [2.45, 2.75) is 39.2 Å². The molecule has 0 spiro atoms. The number of hydrazine groups is 1. The summed E-state index contributed by atoms with van der Waals surface area (Å²) in [5.41, 5.74) is 2.86. The van der Waals surface area contributed by atoms with Crippen LogP contribution in [0.4, 0.5) is 0 Å². The number of allylic oxidation sites excluding steroid dienone is 1. The van der Waals surface area contributed by atoms with Gasteiger partial charge in [0.1, 0.15) is 5.76 Å². The Labute approximate surface area is 98.8 Å². The predicted octanol–water partition coefficient (Wildman–Crippen LogP) is 1.24. The Kier molecular flexibility index (Phi) is 6.45. The Balaban J connectivity index is 2.38. The lowest BCUT2D eigenvalue weighted by atomic mass is 10.1. The number of nitrogens with zero attached hydrogens (tertiary/aromatic N) is 1. The molecular formula is C12H25N3O. The first-order valence-corrected chi connectivity index (χ1v) is 6.33. The van der Waals surface area contributed by atoms with E-state index in [0.29, 0.717) is 0 Å². The molecule has 0 aliphatic carbocycles. The molecule has 1 unspecified atom stereocenters. The van der Waals surface area contributed by atoms with Crippen molar-refractivity contribution in [1.29, 1.82) is 0 Å². The first-order chi connectivity index (χ1) is 7.81. The van der Waals surface area contributed by atoms with Crippen LogP contribution in [0, 0.1) is 0 Å². The molecule has 4 nitrogen and oxygen atoms in total. The second-order valence-corrected chi connectivity index (χ2v) is 4.13. The second-order valence-electron chi connectivity index (χ2n) is 4.13. The highest BCUT2D eigenvalue weighted by Crippen LogP contribution is 2.15. The van der Waals surface area contributed by atoms with Crippen LogP contribution in [0.5, 0.6) is 0 Å². The van der Waals surface area contributed by atoms with Crippen LogP contribution in [0.3, 0.4) is 0 Å². The van der Waals surface area contributed by atoms with E-state index in [9.17, 15) is 0 Å². The third-order valence-electron chi connectivity index (χ3n) is 3.14. The molecular weight excluding hydrogens is 202 g/mol. The lowest BCUT2D eigenvalue weighted by molar-refractivity contribution is 0.159. The molecule has 0 saturated heterocycles. The minimum atomic E-state index is 0.167. The minimum Gasteiger partial charge on any atom is -0.497 e. The second kappa shape index (κ2) is 7.65. The molecule has 0 bridgehead atoms. The van der Waals surface area contributed by atoms with Crippen molar-refractivity contribution in [1.82, 2.24) is 10.3 Å². The fourth-order valence-electron chi connectivity index (χ4n) is 1.98. The quantitative estimate of drug-likeness (QED) is 0.507. The molecule has 4 heteroatoms. The first kappa shape index (κ1) is 13.5. The molecule has 0 fully saturated rings. The molecule has 0 amide bonds. The molecule has 1 atom stereocenters. The van der Waals surface area contributed by atoms with E-state index < -0.39 is 0 Å². The van der Waals surface area contributed by atoms with E-state index >= 15 is 0 Å². The van der Waals surface area contributed by atoms with Gasteiger partial charge in [0.2, 0.25) is 0 Å². The Morgan fingerprint density at radius 2 is 2.25 bits per heavy atom. The number of hydrogen-bond donors (Lipinski definition) is 2. The average molecular weight is 227 g/mol. The van der Waals surface area contributed by atoms with E-state index in [0.717, 1.165) is 51.3 Å². The smallest absolute Gasteiger partial charge is 0.110 e. The van der Waals surface area contributed by atoms with Crippen LogP contribution in [0.15, 0.2) is 11.8 Å². The van der Waals surface area contributed by atoms with Gasteiger partial charge in [-0.25, -0.2) is 5.43 Å². The molecule has 16 heavy (non-hydrogen) atoms. The van der Waals surface area contributed by atoms with Crippen LogP contribution in [0.2, 0.25) is 0 Å². The van der Waals surface area contributed by atoms with Crippen molar-refractivity contribution in [3.8, 4) is 0 Å². The predicted molar refractivity (Wildman–Crippen MR) is 66.8 cm³/mol. The molecule has 1 aliphatic heterocycles. The number of hydrogen-bond acceptors (Lipinski definition) is 4. The molecule has 0 saturated carbocycles. The van der Waals surface area contributed by atoms with Crippen molar-refractivity contribution in [2.75, 3.05) is 26.2 Å². The highest BCUT2D eigenvalue weighted by molar-refractivity contribution is 5.05. The molecule has 0 aromatic rings. The van der Waals surface area contributed by atoms with Gasteiger partial charge in [-0.1, -0.05) is 13.8 Å². The molecule has 1 heterocycles. The van der Waals surface area contributed by atoms with Crippen LogP contribution < -0.4 is 11.3 Å². The van der Waals surface area contributed by atoms with Crippen molar-refractivity contribution in [2.24, 2.45) is 5.84 Å². The van der Waals surface area contributed by atoms with Crippen LogP contribution in [-0.4, -0.2) is 37.2 Å². The van der Waals surface area contributed by atoms with Crippen LogP contribution in [0.25, 0.3) is 0 Å². The van der Waals surface area contributed by atoms with Gasteiger partial charge < -0.3 is 9.64 Å². The summed E-state index contributed by atoms with van der Waals surface area (Å²) < 4.78 is 5.63. The molecule has 3 N–H and O–H groups in total. The largest absolute Gasteiger partial charge is 0.497 e. The van der Waals surface area contributed by atoms with Crippen LogP contribution in [-0.2, 0) is 4.74 Å². The lowest BCUT2D eigenvalue weighted by Gasteiger charge is -2.26. The van der Waals surface area contributed by atoms with E-state index in [2.05, 4.69) is 30.2 Å². The third-order valence-corrected chi connectivity index (χ3v) is 3.14. The van der Waals surface area contributed by atoms with Gasteiger partial charge in [0.25, 0.3) is 0 Å².